The molecule has 3 aromatic rings. The molecule has 0 aromatic heterocycles. The van der Waals surface area contributed by atoms with Crippen LogP contribution in [0, 0.1) is 24.7 Å². The Morgan fingerprint density at radius 3 is 1.54 bits per heavy atom. The topological polar surface area (TPSA) is 65.0 Å². The maximum absolute atomic E-state index is 10.6. The van der Waals surface area contributed by atoms with Crippen molar-refractivity contribution in [2.24, 2.45) is 0 Å². The smallest absolute Gasteiger partial charge is 1.00 e. The standard InChI is InChI=1S/C15H18O3.C13H14O.C9H9Br.C4H6O.Na.H/c1-13(18-14(2)16)10-12-17-11-6-9-15-7-4-3-5-8-15;1-2-3-11-14-12-7-10-13-8-5-4-6-9-13;10-8-4-7-9-5-2-1-3-6-9;1-2-3-4-5;;/h3-9H,1,10-12H2,2H3;1,4-10H,3,11-12H2;1-7H,8H2;1,5H,3-4H2;;/q;;;;+1;-1/b9-6+;10-7+;7-4+;;;. The number of halogens is 1. The molecule has 1 N–H and O–H groups in total. The van der Waals surface area contributed by atoms with E-state index in [1.807, 2.05) is 91.0 Å². The molecule has 0 spiro atoms. The van der Waals surface area contributed by atoms with Crippen LogP contribution in [-0.2, 0) is 19.0 Å². The predicted octanol–water partition coefficient (Wildman–Crippen LogP) is 6.14. The van der Waals surface area contributed by atoms with E-state index in [1.54, 1.807) is 0 Å². The fourth-order valence-corrected chi connectivity index (χ4v) is 3.37. The third-order valence-corrected chi connectivity index (χ3v) is 5.68. The van der Waals surface area contributed by atoms with Gasteiger partial charge in [0.1, 0.15) is 5.76 Å². The van der Waals surface area contributed by atoms with Gasteiger partial charge in [-0.25, -0.2) is 0 Å². The van der Waals surface area contributed by atoms with E-state index < -0.39 is 0 Å². The van der Waals surface area contributed by atoms with Crippen molar-refractivity contribution in [2.75, 3.05) is 38.4 Å². The molecule has 3 aromatic carbocycles. The molecular weight excluding hydrogens is 675 g/mol. The molecule has 0 saturated heterocycles. The molecule has 0 radical (unpaired) electrons. The minimum absolute atomic E-state index is 0. The number of esters is 1. The van der Waals surface area contributed by atoms with Gasteiger partial charge in [0.15, 0.2) is 0 Å². The van der Waals surface area contributed by atoms with Crippen LogP contribution >= 0.6 is 15.9 Å². The van der Waals surface area contributed by atoms with E-state index in [0.29, 0.717) is 51.4 Å². The summed E-state index contributed by atoms with van der Waals surface area (Å²) in [4.78, 5) is 10.6. The maximum atomic E-state index is 10.6. The van der Waals surface area contributed by atoms with Gasteiger partial charge < -0.3 is 20.7 Å². The number of terminal acetylenes is 2. The zero-order valence-corrected chi connectivity index (χ0v) is 31.9. The molecule has 48 heavy (non-hydrogen) atoms. The van der Waals surface area contributed by atoms with E-state index in [0.717, 1.165) is 10.9 Å². The molecule has 0 bridgehead atoms. The van der Waals surface area contributed by atoms with Gasteiger partial charge in [0.05, 0.1) is 33.0 Å². The number of hydrogen-bond donors (Lipinski definition) is 1. The maximum Gasteiger partial charge on any atom is 1.00 e. The van der Waals surface area contributed by atoms with Crippen LogP contribution in [0.3, 0.4) is 0 Å². The van der Waals surface area contributed by atoms with Crippen molar-refractivity contribution in [3.8, 4) is 24.7 Å². The Hall–Kier alpha value is -3.43. The Kier molecular flexibility index (Phi) is 35.4. The zero-order chi connectivity index (χ0) is 34.6. The Morgan fingerprint density at radius 1 is 0.771 bits per heavy atom. The molecule has 7 heteroatoms. The van der Waals surface area contributed by atoms with Gasteiger partial charge in [0.25, 0.3) is 0 Å². The van der Waals surface area contributed by atoms with Crippen LogP contribution < -0.4 is 29.6 Å². The number of aliphatic hydroxyl groups is 1. The number of carbonyl (C=O) groups excluding carboxylic acids is 1. The van der Waals surface area contributed by atoms with E-state index >= 15 is 0 Å². The van der Waals surface area contributed by atoms with Gasteiger partial charge in [-0.1, -0.05) is 150 Å². The van der Waals surface area contributed by atoms with Crippen LogP contribution in [0.5, 0.6) is 0 Å². The predicted molar refractivity (Wildman–Crippen MR) is 202 cm³/mol. The first-order valence-electron chi connectivity index (χ1n) is 15.2. The van der Waals surface area contributed by atoms with Gasteiger partial charge in [-0.15, -0.1) is 24.7 Å². The van der Waals surface area contributed by atoms with Crippen molar-refractivity contribution in [3.63, 3.8) is 0 Å². The summed E-state index contributed by atoms with van der Waals surface area (Å²) in [5.41, 5.74) is 3.58. The summed E-state index contributed by atoms with van der Waals surface area (Å²) in [5.74, 6) is 4.89. The molecule has 3 rings (SSSR count). The number of benzene rings is 3. The number of ether oxygens (including phenoxy) is 3. The van der Waals surface area contributed by atoms with Crippen molar-refractivity contribution < 1.29 is 55.1 Å². The largest absolute Gasteiger partial charge is 1.00 e. The summed E-state index contributed by atoms with van der Waals surface area (Å²) in [5, 5.41) is 8.84. The van der Waals surface area contributed by atoms with Gasteiger partial charge in [-0.3, -0.25) is 4.79 Å². The van der Waals surface area contributed by atoms with Gasteiger partial charge in [0.2, 0.25) is 0 Å². The summed E-state index contributed by atoms with van der Waals surface area (Å²) in [6.07, 6.45) is 23.6. The number of aliphatic hydroxyl groups excluding tert-OH is 1. The molecule has 0 aliphatic rings. The van der Waals surface area contributed by atoms with E-state index in [-0.39, 0.29) is 43.6 Å². The van der Waals surface area contributed by atoms with Gasteiger partial charge >= 0.3 is 35.5 Å². The molecule has 0 fully saturated rings. The number of allylic oxidation sites excluding steroid dienone is 1. The summed E-state index contributed by atoms with van der Waals surface area (Å²) in [7, 11) is 0. The van der Waals surface area contributed by atoms with E-state index in [1.165, 1.54) is 18.1 Å². The normalized spacial score (nSPS) is 9.77. The molecule has 0 atom stereocenters. The summed E-state index contributed by atoms with van der Waals surface area (Å²) >= 11 is 3.32. The first-order valence-corrected chi connectivity index (χ1v) is 16.3. The van der Waals surface area contributed by atoms with Gasteiger partial charge in [-0.2, -0.15) is 0 Å². The molecule has 0 amide bonds. The second-order valence-electron chi connectivity index (χ2n) is 9.26. The average molecular weight is 724 g/mol. The van der Waals surface area contributed by atoms with Gasteiger partial charge in [0, 0.05) is 31.5 Å². The zero-order valence-electron chi connectivity index (χ0n) is 29.3. The van der Waals surface area contributed by atoms with E-state index in [2.05, 4.69) is 70.8 Å². The Balaban J connectivity index is -0.000000611. The second kappa shape index (κ2) is 36.4. The van der Waals surface area contributed by atoms with Crippen LogP contribution in [0.4, 0.5) is 0 Å². The number of hydrogen-bond acceptors (Lipinski definition) is 5. The van der Waals surface area contributed by atoms with Crippen molar-refractivity contribution in [1.82, 2.24) is 0 Å². The van der Waals surface area contributed by atoms with Crippen molar-refractivity contribution in [2.45, 2.75) is 26.2 Å². The molecule has 5 nitrogen and oxygen atoms in total. The van der Waals surface area contributed by atoms with Crippen LogP contribution in [0.1, 0.15) is 44.3 Å². The van der Waals surface area contributed by atoms with E-state index in [4.69, 9.17) is 32.2 Å². The Bertz CT molecular complexity index is 1370. The van der Waals surface area contributed by atoms with Crippen LogP contribution in [-0.4, -0.2) is 49.4 Å². The minimum atomic E-state index is -0.344. The van der Waals surface area contributed by atoms with Crippen molar-refractivity contribution in [1.29, 1.82) is 0 Å². The molecule has 0 aliphatic carbocycles. The van der Waals surface area contributed by atoms with Crippen molar-refractivity contribution >= 4 is 40.1 Å². The Morgan fingerprint density at radius 2 is 1.19 bits per heavy atom. The molecule has 0 saturated carbocycles. The molecule has 0 aliphatic heterocycles. The summed E-state index contributed by atoms with van der Waals surface area (Å²) in [6, 6.07) is 30.4. The fraction of sp³-hybridized carbons (Fsp3) is 0.244. The molecule has 0 unspecified atom stereocenters. The SMILES string of the molecule is BrC/C=C/c1ccccc1.C#CCCO.C#CCCOC/C=C/c1ccccc1.C=C(CCOC/C=C/c1ccccc1)OC(C)=O.[H-].[Na+]. The first-order chi connectivity index (χ1) is 23.0. The fourth-order valence-electron chi connectivity index (χ4n) is 3.18. The van der Waals surface area contributed by atoms with Crippen LogP contribution in [0.15, 0.2) is 122 Å². The first kappa shape index (κ1) is 46.7. The summed E-state index contributed by atoms with van der Waals surface area (Å²) < 4.78 is 15.4. The van der Waals surface area contributed by atoms with Crippen LogP contribution in [0.2, 0.25) is 0 Å². The molecular formula is C41H48BrNaO5. The molecule has 0 heterocycles. The molecule has 250 valence electrons. The van der Waals surface area contributed by atoms with E-state index in [9.17, 15) is 4.79 Å². The number of rotatable bonds is 15. The summed E-state index contributed by atoms with van der Waals surface area (Å²) in [6.45, 7) is 7.36. The van der Waals surface area contributed by atoms with Gasteiger partial charge in [-0.05, 0) is 16.7 Å². The number of carbonyl (C=O) groups is 1. The average Bonchev–Trinajstić information content (AvgIpc) is 3.09. The van der Waals surface area contributed by atoms with Crippen molar-refractivity contribution in [3.05, 3.63) is 138 Å². The van der Waals surface area contributed by atoms with Crippen LogP contribution in [0.25, 0.3) is 18.2 Å². The Labute approximate surface area is 320 Å². The second-order valence-corrected chi connectivity index (χ2v) is 9.90. The number of alkyl halides is 1. The minimum Gasteiger partial charge on any atom is -1.00 e. The monoisotopic (exact) mass is 722 g/mol. The quantitative estimate of drug-likeness (QED) is 0.0511. The third kappa shape index (κ3) is 32.5. The third-order valence-electron chi connectivity index (χ3n) is 5.31.